The lowest BCUT2D eigenvalue weighted by molar-refractivity contribution is 0.529. The maximum absolute atomic E-state index is 13.0. The van der Waals surface area contributed by atoms with Crippen LogP contribution in [0, 0.1) is 0 Å². The number of allylic oxidation sites excluding steroid dienone is 2. The van der Waals surface area contributed by atoms with Gasteiger partial charge in [0, 0.05) is 25.2 Å². The molecule has 2 aliphatic heterocycles. The van der Waals surface area contributed by atoms with Gasteiger partial charge in [-0.2, -0.15) is 0 Å². The van der Waals surface area contributed by atoms with Crippen LogP contribution in [-0.4, -0.2) is 19.1 Å². The Bertz CT molecular complexity index is 365. The number of nitrogens with one attached hydrogen (secondary N) is 2. The van der Waals surface area contributed by atoms with Gasteiger partial charge in [-0.15, -0.1) is 0 Å². The van der Waals surface area contributed by atoms with Gasteiger partial charge in [-0.25, -0.2) is 4.39 Å². The average molecular weight is 192 g/mol. The molecule has 1 atom stereocenters. The normalized spacial score (nSPS) is 30.2. The molecule has 3 aliphatic rings. The summed E-state index contributed by atoms with van der Waals surface area (Å²) in [6, 6.07) is 0.199. The highest BCUT2D eigenvalue weighted by molar-refractivity contribution is 5.50. The molecule has 1 aliphatic carbocycles. The van der Waals surface area contributed by atoms with Gasteiger partial charge in [0.2, 0.25) is 0 Å². The summed E-state index contributed by atoms with van der Waals surface area (Å²) in [5, 5.41) is 6.76. The van der Waals surface area contributed by atoms with Gasteiger partial charge in [-0.05, 0) is 23.6 Å². The number of hydrogen-bond donors (Lipinski definition) is 2. The predicted octanol–water partition coefficient (Wildman–Crippen LogP) is 1.39. The Morgan fingerprint density at radius 3 is 3.21 bits per heavy atom. The van der Waals surface area contributed by atoms with Crippen molar-refractivity contribution in [1.82, 2.24) is 10.6 Å². The number of hydrogen-bond acceptors (Lipinski definition) is 2. The first-order valence-electron chi connectivity index (χ1n) is 5.10. The van der Waals surface area contributed by atoms with Gasteiger partial charge >= 0.3 is 0 Å². The van der Waals surface area contributed by atoms with Crippen molar-refractivity contribution in [2.75, 3.05) is 13.1 Å². The maximum Gasteiger partial charge on any atom is 0.102 e. The van der Waals surface area contributed by atoms with E-state index >= 15 is 0 Å². The second kappa shape index (κ2) is 2.95. The number of halogens is 1. The average Bonchev–Trinajstić information content (AvgIpc) is 2.54. The minimum atomic E-state index is -0.0148. The van der Waals surface area contributed by atoms with Crippen molar-refractivity contribution in [3.05, 3.63) is 34.8 Å². The topological polar surface area (TPSA) is 24.1 Å². The Balaban J connectivity index is 1.98. The largest absolute Gasteiger partial charge is 0.381 e. The van der Waals surface area contributed by atoms with E-state index < -0.39 is 0 Å². The predicted molar refractivity (Wildman–Crippen MR) is 53.3 cm³/mol. The summed E-state index contributed by atoms with van der Waals surface area (Å²) in [5.74, 6) is -0.0148. The third kappa shape index (κ3) is 1.12. The van der Waals surface area contributed by atoms with E-state index in [-0.39, 0.29) is 11.9 Å². The van der Waals surface area contributed by atoms with Crippen LogP contribution >= 0.6 is 0 Å². The highest BCUT2D eigenvalue weighted by Gasteiger charge is 2.31. The Morgan fingerprint density at radius 2 is 2.29 bits per heavy atom. The molecule has 2 N–H and O–H groups in total. The molecule has 74 valence electrons. The second-order valence-corrected chi connectivity index (χ2v) is 4.02. The molecule has 0 spiro atoms. The van der Waals surface area contributed by atoms with Crippen LogP contribution in [0.4, 0.5) is 4.39 Å². The Hall–Kier alpha value is -1.09. The molecule has 0 aromatic carbocycles. The van der Waals surface area contributed by atoms with Gasteiger partial charge in [0.05, 0.1) is 6.04 Å². The molecule has 0 saturated carbocycles. The third-order valence-corrected chi connectivity index (χ3v) is 3.13. The molecule has 2 nitrogen and oxygen atoms in total. The molecule has 0 aromatic rings. The molecule has 14 heavy (non-hydrogen) atoms. The smallest absolute Gasteiger partial charge is 0.102 e. The van der Waals surface area contributed by atoms with Crippen LogP contribution in [0.25, 0.3) is 0 Å². The lowest BCUT2D eigenvalue weighted by Crippen LogP contribution is -2.27. The molecule has 0 saturated heterocycles. The molecule has 0 radical (unpaired) electrons. The standard InChI is InChI=1S/C11H13FN2/c12-7-1-2-8-9-6-13-4-3-10(9)14-11(8)5-7/h1-2,11,13-14H,3-6H2. The lowest BCUT2D eigenvalue weighted by Gasteiger charge is -2.17. The zero-order valence-corrected chi connectivity index (χ0v) is 7.94. The molecular formula is C11H13FN2. The van der Waals surface area contributed by atoms with Crippen LogP contribution in [0.2, 0.25) is 0 Å². The molecule has 0 fully saturated rings. The molecule has 0 bridgehead atoms. The zero-order valence-electron chi connectivity index (χ0n) is 7.94. The zero-order chi connectivity index (χ0) is 9.54. The van der Waals surface area contributed by atoms with E-state index in [1.165, 1.54) is 16.8 Å². The molecule has 0 aromatic heterocycles. The summed E-state index contributed by atoms with van der Waals surface area (Å²) in [5.41, 5.74) is 3.97. The van der Waals surface area contributed by atoms with Gasteiger partial charge in [-0.3, -0.25) is 0 Å². The molecule has 3 rings (SSSR count). The van der Waals surface area contributed by atoms with Crippen molar-refractivity contribution in [1.29, 1.82) is 0 Å². The molecular weight excluding hydrogens is 179 g/mol. The maximum atomic E-state index is 13.0. The first-order valence-corrected chi connectivity index (χ1v) is 5.10. The first-order chi connectivity index (χ1) is 6.84. The van der Waals surface area contributed by atoms with Crippen molar-refractivity contribution in [3.8, 4) is 0 Å². The van der Waals surface area contributed by atoms with E-state index in [0.717, 1.165) is 19.5 Å². The molecule has 2 heterocycles. The van der Waals surface area contributed by atoms with E-state index in [4.69, 9.17) is 0 Å². The Kier molecular flexibility index (Phi) is 1.74. The fraction of sp³-hybridized carbons (Fsp3) is 0.455. The van der Waals surface area contributed by atoms with Crippen LogP contribution < -0.4 is 10.6 Å². The van der Waals surface area contributed by atoms with Crippen LogP contribution in [-0.2, 0) is 0 Å². The summed E-state index contributed by atoms with van der Waals surface area (Å²) >= 11 is 0. The third-order valence-electron chi connectivity index (χ3n) is 3.13. The highest BCUT2D eigenvalue weighted by Crippen LogP contribution is 2.34. The van der Waals surface area contributed by atoms with E-state index in [2.05, 4.69) is 10.6 Å². The fourth-order valence-corrected chi connectivity index (χ4v) is 2.44. The monoisotopic (exact) mass is 192 g/mol. The van der Waals surface area contributed by atoms with E-state index in [9.17, 15) is 4.39 Å². The van der Waals surface area contributed by atoms with Gasteiger partial charge in [0.1, 0.15) is 5.83 Å². The quantitative estimate of drug-likeness (QED) is 0.606. The van der Waals surface area contributed by atoms with Crippen molar-refractivity contribution in [3.63, 3.8) is 0 Å². The van der Waals surface area contributed by atoms with Gasteiger partial charge < -0.3 is 10.6 Å². The summed E-state index contributed by atoms with van der Waals surface area (Å²) in [6.07, 6.45) is 5.08. The van der Waals surface area contributed by atoms with Crippen LogP contribution in [0.1, 0.15) is 12.8 Å². The van der Waals surface area contributed by atoms with Crippen molar-refractivity contribution >= 4 is 0 Å². The lowest BCUT2D eigenvalue weighted by atomic mass is 9.94. The van der Waals surface area contributed by atoms with Gasteiger partial charge in [0.25, 0.3) is 0 Å². The summed E-state index contributed by atoms with van der Waals surface area (Å²) in [4.78, 5) is 0. The summed E-state index contributed by atoms with van der Waals surface area (Å²) in [6.45, 7) is 1.96. The van der Waals surface area contributed by atoms with Crippen molar-refractivity contribution in [2.45, 2.75) is 18.9 Å². The second-order valence-electron chi connectivity index (χ2n) is 4.02. The summed E-state index contributed by atoms with van der Waals surface area (Å²) in [7, 11) is 0. The van der Waals surface area contributed by atoms with Gasteiger partial charge in [-0.1, -0.05) is 6.08 Å². The van der Waals surface area contributed by atoms with Crippen LogP contribution in [0.5, 0.6) is 0 Å². The van der Waals surface area contributed by atoms with Crippen LogP contribution in [0.3, 0.4) is 0 Å². The van der Waals surface area contributed by atoms with Gasteiger partial charge in [0.15, 0.2) is 0 Å². The number of fused-ring (bicyclic) bond motifs is 2. The minimum absolute atomic E-state index is 0.0148. The Labute approximate surface area is 82.6 Å². The van der Waals surface area contributed by atoms with E-state index in [1.54, 1.807) is 6.08 Å². The minimum Gasteiger partial charge on any atom is -0.381 e. The number of rotatable bonds is 0. The SMILES string of the molecule is FC1=CC=C2C3=C(CCNC3)NC2C1. The molecule has 3 heteroatoms. The molecule has 0 amide bonds. The van der Waals surface area contributed by atoms with Crippen LogP contribution in [0.15, 0.2) is 34.8 Å². The summed E-state index contributed by atoms with van der Waals surface area (Å²) < 4.78 is 13.0. The molecule has 1 unspecified atom stereocenters. The van der Waals surface area contributed by atoms with Crippen molar-refractivity contribution in [2.24, 2.45) is 0 Å². The highest BCUT2D eigenvalue weighted by atomic mass is 19.1. The van der Waals surface area contributed by atoms with Crippen molar-refractivity contribution < 1.29 is 4.39 Å². The Morgan fingerprint density at radius 1 is 1.36 bits per heavy atom. The fourth-order valence-electron chi connectivity index (χ4n) is 2.44. The first kappa shape index (κ1) is 8.24. The van der Waals surface area contributed by atoms with E-state index in [0.29, 0.717) is 6.42 Å². The van der Waals surface area contributed by atoms with E-state index in [1.807, 2.05) is 6.08 Å².